The normalized spacial score (nSPS) is 31.9. The van der Waals surface area contributed by atoms with Gasteiger partial charge < -0.3 is 53.6 Å². The van der Waals surface area contributed by atoms with E-state index in [0.29, 0.717) is 24.7 Å². The molecule has 2 fully saturated rings. The van der Waals surface area contributed by atoms with Crippen LogP contribution in [-0.4, -0.2) is 119 Å². The van der Waals surface area contributed by atoms with Crippen LogP contribution in [0.25, 0.3) is 0 Å². The highest BCUT2D eigenvalue weighted by molar-refractivity contribution is 5.70. The van der Waals surface area contributed by atoms with Gasteiger partial charge >= 0.3 is 23.9 Å². The Bertz CT molecular complexity index is 1010. The van der Waals surface area contributed by atoms with Gasteiger partial charge in [0.1, 0.15) is 37.6 Å². The van der Waals surface area contributed by atoms with Crippen LogP contribution in [0.3, 0.4) is 0 Å². The first-order valence-corrected chi connectivity index (χ1v) is 16.5. The van der Waals surface area contributed by atoms with Crippen molar-refractivity contribution in [2.24, 2.45) is 11.8 Å². The van der Waals surface area contributed by atoms with Gasteiger partial charge in [-0.1, -0.05) is 53.4 Å². The molecule has 272 valence electrons. The van der Waals surface area contributed by atoms with Crippen LogP contribution in [0.2, 0.25) is 0 Å². The quantitative estimate of drug-likeness (QED) is 0.112. The Morgan fingerprint density at radius 3 is 1.89 bits per heavy atom. The fourth-order valence-electron chi connectivity index (χ4n) is 5.33. The molecule has 0 aliphatic carbocycles. The number of hydrogen-bond donors (Lipinski definition) is 4. The van der Waals surface area contributed by atoms with Crippen molar-refractivity contribution in [3.63, 3.8) is 0 Å². The zero-order valence-electron chi connectivity index (χ0n) is 28.3. The minimum atomic E-state index is -2.50. The average molecular weight is 679 g/mol. The monoisotopic (exact) mass is 678 g/mol. The van der Waals surface area contributed by atoms with Crippen LogP contribution in [0.5, 0.6) is 0 Å². The van der Waals surface area contributed by atoms with Gasteiger partial charge in [0.2, 0.25) is 5.79 Å². The zero-order chi connectivity index (χ0) is 35.3. The lowest BCUT2D eigenvalue weighted by Gasteiger charge is -2.42. The van der Waals surface area contributed by atoms with Crippen LogP contribution in [0.15, 0.2) is 0 Å². The summed E-state index contributed by atoms with van der Waals surface area (Å²) in [5, 5.41) is 43.2. The first-order valence-electron chi connectivity index (χ1n) is 16.5. The summed E-state index contributed by atoms with van der Waals surface area (Å²) in [5.41, 5.74) is 0. The van der Waals surface area contributed by atoms with E-state index >= 15 is 0 Å². The predicted molar refractivity (Wildman–Crippen MR) is 162 cm³/mol. The molecule has 0 aromatic heterocycles. The second-order valence-corrected chi connectivity index (χ2v) is 12.6. The maximum absolute atomic E-state index is 12.8. The molecule has 15 heteroatoms. The van der Waals surface area contributed by atoms with Crippen molar-refractivity contribution in [2.45, 2.75) is 148 Å². The SMILES string of the molecule is CCC(C)CCCC(=O)O[C@H]1[C@H](O)[C@@H](O)[C@@H](OC[C@@]2(O)O[C@H](CO)[C@@H](OC(C)=O)[C@@H]2OC(=O)CCCC(C)CC)O[C@@H]1COC(C)=O. The summed E-state index contributed by atoms with van der Waals surface area (Å²) in [6.45, 7) is 8.37. The Morgan fingerprint density at radius 1 is 0.809 bits per heavy atom. The van der Waals surface area contributed by atoms with Crippen LogP contribution < -0.4 is 0 Å². The summed E-state index contributed by atoms with van der Waals surface area (Å²) < 4.78 is 38.2. The summed E-state index contributed by atoms with van der Waals surface area (Å²) in [7, 11) is 0. The van der Waals surface area contributed by atoms with Gasteiger partial charge in [0.15, 0.2) is 24.6 Å². The number of aliphatic hydroxyl groups is 4. The van der Waals surface area contributed by atoms with Crippen molar-refractivity contribution in [1.29, 1.82) is 0 Å². The van der Waals surface area contributed by atoms with Crippen molar-refractivity contribution in [1.82, 2.24) is 0 Å². The van der Waals surface area contributed by atoms with E-state index in [1.54, 1.807) is 0 Å². The Hall–Kier alpha value is -2.40. The topological polar surface area (TPSA) is 214 Å². The van der Waals surface area contributed by atoms with E-state index in [9.17, 15) is 39.6 Å². The second-order valence-electron chi connectivity index (χ2n) is 12.6. The standard InChI is InChI=1S/C32H54O15/c1-7-18(3)11-9-13-24(36)45-28-23(16-41-20(5)34)44-31(27(39)26(28)38)42-17-32(40)30(29(43-21(6)35)22(15-33)47-32)46-25(37)14-10-12-19(4)8-2/h18-19,22-23,26-31,33,38-40H,7-17H2,1-6H3/t18?,19?,22-,23-,26-,27-,28-,29-,30+,31+,32-/m1/s1. The van der Waals surface area contributed by atoms with Crippen molar-refractivity contribution in [2.75, 3.05) is 19.8 Å². The van der Waals surface area contributed by atoms with Gasteiger partial charge in [0, 0.05) is 26.7 Å². The highest BCUT2D eigenvalue weighted by Crippen LogP contribution is 2.36. The molecule has 0 bridgehead atoms. The van der Waals surface area contributed by atoms with Crippen LogP contribution >= 0.6 is 0 Å². The molecule has 0 amide bonds. The molecule has 0 spiro atoms. The summed E-state index contributed by atoms with van der Waals surface area (Å²) >= 11 is 0. The van der Waals surface area contributed by atoms with E-state index in [0.717, 1.165) is 39.5 Å². The first kappa shape index (κ1) is 40.8. The molecular formula is C32H54O15. The van der Waals surface area contributed by atoms with Crippen LogP contribution in [0.1, 0.15) is 92.9 Å². The zero-order valence-corrected chi connectivity index (χ0v) is 28.3. The lowest BCUT2D eigenvalue weighted by molar-refractivity contribution is -0.333. The van der Waals surface area contributed by atoms with Crippen LogP contribution in [0, 0.1) is 11.8 Å². The van der Waals surface area contributed by atoms with Gasteiger partial charge in [-0.3, -0.25) is 19.2 Å². The third-order valence-electron chi connectivity index (χ3n) is 8.57. The number of ether oxygens (including phenoxy) is 7. The number of aliphatic hydroxyl groups excluding tert-OH is 3. The van der Waals surface area contributed by atoms with E-state index < -0.39 is 98.5 Å². The Morgan fingerprint density at radius 2 is 1.38 bits per heavy atom. The number of carbonyl (C=O) groups excluding carboxylic acids is 4. The summed E-state index contributed by atoms with van der Waals surface area (Å²) in [6.07, 6.45) is -7.80. The van der Waals surface area contributed by atoms with Gasteiger partial charge in [-0.05, 0) is 24.7 Å². The van der Waals surface area contributed by atoms with E-state index in [1.807, 2.05) is 20.8 Å². The van der Waals surface area contributed by atoms with E-state index in [2.05, 4.69) is 6.92 Å². The summed E-state index contributed by atoms with van der Waals surface area (Å²) in [6, 6.07) is 0. The molecule has 11 atom stereocenters. The lowest BCUT2D eigenvalue weighted by atomic mass is 9.98. The maximum atomic E-state index is 12.8. The molecule has 2 rings (SSSR count). The molecule has 2 unspecified atom stereocenters. The molecule has 0 saturated carbocycles. The van der Waals surface area contributed by atoms with E-state index in [1.165, 1.54) is 0 Å². The molecular weight excluding hydrogens is 624 g/mol. The molecule has 2 heterocycles. The highest BCUT2D eigenvalue weighted by Gasteiger charge is 2.59. The average Bonchev–Trinajstić information content (AvgIpc) is 3.27. The Labute approximate surface area is 276 Å². The summed E-state index contributed by atoms with van der Waals surface area (Å²) in [5.74, 6) is -4.53. The van der Waals surface area contributed by atoms with Crippen molar-refractivity contribution in [3.8, 4) is 0 Å². The van der Waals surface area contributed by atoms with Crippen LogP contribution in [0.4, 0.5) is 0 Å². The molecule has 15 nitrogen and oxygen atoms in total. The first-order chi connectivity index (χ1) is 22.1. The molecule has 0 aromatic rings. The minimum Gasteiger partial charge on any atom is -0.463 e. The Kier molecular flexibility index (Phi) is 17.0. The van der Waals surface area contributed by atoms with Gasteiger partial charge in [0.05, 0.1) is 6.61 Å². The third-order valence-corrected chi connectivity index (χ3v) is 8.57. The maximum Gasteiger partial charge on any atom is 0.306 e. The van der Waals surface area contributed by atoms with Crippen molar-refractivity contribution < 1.29 is 72.8 Å². The molecule has 47 heavy (non-hydrogen) atoms. The molecule has 2 aliphatic rings. The van der Waals surface area contributed by atoms with Crippen molar-refractivity contribution in [3.05, 3.63) is 0 Å². The summed E-state index contributed by atoms with van der Waals surface area (Å²) in [4.78, 5) is 48.8. The van der Waals surface area contributed by atoms with Crippen molar-refractivity contribution >= 4 is 23.9 Å². The third kappa shape index (κ3) is 12.5. The highest BCUT2D eigenvalue weighted by atomic mass is 16.8. The number of rotatable bonds is 19. The largest absolute Gasteiger partial charge is 0.463 e. The fourth-order valence-corrected chi connectivity index (χ4v) is 5.33. The van der Waals surface area contributed by atoms with Gasteiger partial charge in [-0.15, -0.1) is 0 Å². The molecule has 2 saturated heterocycles. The molecule has 4 N–H and O–H groups in total. The predicted octanol–water partition coefficient (Wildman–Crippen LogP) is 1.28. The fraction of sp³-hybridized carbons (Fsp3) is 0.875. The number of hydrogen-bond acceptors (Lipinski definition) is 15. The van der Waals surface area contributed by atoms with Crippen LogP contribution in [-0.2, 0) is 52.3 Å². The minimum absolute atomic E-state index is 0.000565. The van der Waals surface area contributed by atoms with Gasteiger partial charge in [-0.25, -0.2) is 0 Å². The van der Waals surface area contributed by atoms with E-state index in [4.69, 9.17) is 33.2 Å². The second kappa shape index (κ2) is 19.6. The lowest BCUT2D eigenvalue weighted by Crippen LogP contribution is -2.61. The van der Waals surface area contributed by atoms with Gasteiger partial charge in [-0.2, -0.15) is 0 Å². The van der Waals surface area contributed by atoms with E-state index in [-0.39, 0.29) is 12.8 Å². The Balaban J connectivity index is 2.19. The molecule has 0 radical (unpaired) electrons. The smallest absolute Gasteiger partial charge is 0.306 e. The molecule has 0 aromatic carbocycles. The van der Waals surface area contributed by atoms with Gasteiger partial charge in [0.25, 0.3) is 0 Å². The number of esters is 4. The number of carbonyl (C=O) groups is 4. The molecule has 2 aliphatic heterocycles.